The molecule has 0 saturated carbocycles. The Morgan fingerprint density at radius 1 is 0.974 bits per heavy atom. The molecule has 3 aromatic rings. The Hall–Kier alpha value is -3.52. The average Bonchev–Trinajstić information content (AvgIpc) is 3.43. The number of carbonyl (C=O) groups excluding carboxylic acids is 2. The minimum atomic E-state index is -0.260. The number of hydrogen-bond acceptors (Lipinski definition) is 5. The molecule has 204 valence electrons. The van der Waals surface area contributed by atoms with Gasteiger partial charge in [-0.2, -0.15) is 0 Å². The molecule has 1 N–H and O–H groups in total. The fraction of sp³-hybridized carbons (Fsp3) is 0.400. The maximum atomic E-state index is 13.7. The first-order valence-corrected chi connectivity index (χ1v) is 13.9. The fourth-order valence-electron chi connectivity index (χ4n) is 4.25. The summed E-state index contributed by atoms with van der Waals surface area (Å²) in [5.41, 5.74) is 2.88. The summed E-state index contributed by atoms with van der Waals surface area (Å²) >= 11 is 1.62. The van der Waals surface area contributed by atoms with Crippen LogP contribution in [0.3, 0.4) is 0 Å². The van der Waals surface area contributed by atoms with Gasteiger partial charge in [-0.05, 0) is 59.5 Å². The molecule has 0 bridgehead atoms. The molecule has 8 heteroatoms. The number of thiophene rings is 1. The van der Waals surface area contributed by atoms with Crippen molar-refractivity contribution >= 4 is 29.0 Å². The lowest BCUT2D eigenvalue weighted by atomic mass is 10.1. The number of nitrogens with one attached hydrogen (secondary N) is 1. The number of hydrogen-bond donors (Lipinski definition) is 1. The van der Waals surface area contributed by atoms with Crippen LogP contribution in [0.15, 0.2) is 60.0 Å². The van der Waals surface area contributed by atoms with Crippen molar-refractivity contribution in [3.8, 4) is 11.5 Å². The zero-order chi connectivity index (χ0) is 27.5. The van der Waals surface area contributed by atoms with Crippen LogP contribution >= 0.6 is 11.3 Å². The van der Waals surface area contributed by atoms with E-state index in [4.69, 9.17) is 9.47 Å². The van der Waals surface area contributed by atoms with Crippen LogP contribution < -0.4 is 14.8 Å². The number of urea groups is 1. The van der Waals surface area contributed by atoms with Crippen LogP contribution in [-0.2, 0) is 24.2 Å². The summed E-state index contributed by atoms with van der Waals surface area (Å²) in [6, 6.07) is 17.3. The van der Waals surface area contributed by atoms with Gasteiger partial charge in [0, 0.05) is 23.7 Å². The van der Waals surface area contributed by atoms with E-state index in [1.165, 1.54) is 0 Å². The molecule has 2 aromatic carbocycles. The Bertz CT molecular complexity index is 1180. The van der Waals surface area contributed by atoms with Gasteiger partial charge in [-0.25, -0.2) is 4.79 Å². The zero-order valence-electron chi connectivity index (χ0n) is 23.0. The number of rotatable bonds is 13. The average molecular weight is 538 g/mol. The van der Waals surface area contributed by atoms with Gasteiger partial charge >= 0.3 is 6.03 Å². The van der Waals surface area contributed by atoms with Gasteiger partial charge in [-0.15, -0.1) is 11.3 Å². The van der Waals surface area contributed by atoms with Crippen molar-refractivity contribution in [3.05, 3.63) is 76.0 Å². The lowest BCUT2D eigenvalue weighted by Gasteiger charge is -2.29. The minimum Gasteiger partial charge on any atom is -0.493 e. The van der Waals surface area contributed by atoms with Crippen molar-refractivity contribution in [1.29, 1.82) is 0 Å². The number of nitrogens with zero attached hydrogens (tertiary/aromatic N) is 2. The highest BCUT2D eigenvalue weighted by Crippen LogP contribution is 2.28. The number of anilines is 1. The van der Waals surface area contributed by atoms with Crippen LogP contribution in [0, 0.1) is 5.92 Å². The van der Waals surface area contributed by atoms with Crippen LogP contribution in [0.5, 0.6) is 11.5 Å². The number of ether oxygens (including phenoxy) is 2. The maximum absolute atomic E-state index is 13.7. The first-order chi connectivity index (χ1) is 18.3. The van der Waals surface area contributed by atoms with Crippen molar-refractivity contribution in [2.24, 2.45) is 5.92 Å². The van der Waals surface area contributed by atoms with Gasteiger partial charge in [-0.3, -0.25) is 4.79 Å². The third-order valence-electron chi connectivity index (χ3n) is 6.24. The summed E-state index contributed by atoms with van der Waals surface area (Å²) in [6.07, 6.45) is 1.46. The molecule has 7 nitrogen and oxygen atoms in total. The third kappa shape index (κ3) is 8.25. The van der Waals surface area contributed by atoms with E-state index in [0.717, 1.165) is 28.1 Å². The van der Waals surface area contributed by atoms with E-state index >= 15 is 0 Å². The lowest BCUT2D eigenvalue weighted by molar-refractivity contribution is -0.132. The monoisotopic (exact) mass is 537 g/mol. The Morgan fingerprint density at radius 3 is 2.39 bits per heavy atom. The van der Waals surface area contributed by atoms with E-state index in [9.17, 15) is 9.59 Å². The molecule has 0 unspecified atom stereocenters. The van der Waals surface area contributed by atoms with E-state index in [1.807, 2.05) is 78.7 Å². The number of para-hydroxylation sites is 1. The smallest absolute Gasteiger partial charge is 0.322 e. The summed E-state index contributed by atoms with van der Waals surface area (Å²) in [4.78, 5) is 31.5. The molecule has 3 rings (SSSR count). The third-order valence-corrected chi connectivity index (χ3v) is 7.10. The number of amides is 3. The predicted octanol–water partition coefficient (Wildman–Crippen LogP) is 6.09. The molecular formula is C30H39N3O4S. The largest absolute Gasteiger partial charge is 0.493 e. The van der Waals surface area contributed by atoms with E-state index in [0.29, 0.717) is 37.6 Å². The van der Waals surface area contributed by atoms with E-state index in [2.05, 4.69) is 12.2 Å². The highest BCUT2D eigenvalue weighted by atomic mass is 32.1. The topological polar surface area (TPSA) is 71.1 Å². The van der Waals surface area contributed by atoms with Gasteiger partial charge in [0.2, 0.25) is 5.91 Å². The summed E-state index contributed by atoms with van der Waals surface area (Å²) < 4.78 is 10.8. The van der Waals surface area contributed by atoms with E-state index in [-0.39, 0.29) is 24.4 Å². The molecule has 0 spiro atoms. The molecule has 38 heavy (non-hydrogen) atoms. The van der Waals surface area contributed by atoms with Gasteiger partial charge in [0.15, 0.2) is 11.5 Å². The number of carbonyl (C=O) groups is 2. The second kappa shape index (κ2) is 14.4. The molecule has 0 aliphatic rings. The van der Waals surface area contributed by atoms with Gasteiger partial charge in [-0.1, -0.05) is 51.1 Å². The van der Waals surface area contributed by atoms with Crippen LogP contribution in [0.4, 0.5) is 10.5 Å². The molecule has 0 atom stereocenters. The van der Waals surface area contributed by atoms with Gasteiger partial charge in [0.25, 0.3) is 0 Å². The quantitative estimate of drug-likeness (QED) is 0.286. The molecule has 0 radical (unpaired) electrons. The SMILES string of the molecule is CCc1ccccc1NC(=O)N(CC(=O)N(CCc1ccc(OC)c(OC)c1)Cc1cccs1)CC(C)C. The van der Waals surface area contributed by atoms with Crippen LogP contribution in [-0.4, -0.2) is 55.6 Å². The minimum absolute atomic E-state index is 0.00954. The first kappa shape index (κ1) is 29.0. The molecule has 1 aromatic heterocycles. The number of benzene rings is 2. The first-order valence-electron chi connectivity index (χ1n) is 13.0. The normalized spacial score (nSPS) is 10.8. The molecular weight excluding hydrogens is 498 g/mol. The highest BCUT2D eigenvalue weighted by Gasteiger charge is 2.23. The molecule has 0 aliphatic carbocycles. The summed E-state index contributed by atoms with van der Waals surface area (Å²) in [6.45, 7) is 7.66. The molecule has 1 heterocycles. The Labute approximate surface area is 230 Å². The molecule has 0 saturated heterocycles. The molecule has 0 fully saturated rings. The number of methoxy groups -OCH3 is 2. The van der Waals surface area contributed by atoms with Crippen LogP contribution in [0.25, 0.3) is 0 Å². The Balaban J connectivity index is 1.76. The zero-order valence-corrected chi connectivity index (χ0v) is 23.8. The summed E-state index contributed by atoms with van der Waals surface area (Å²) in [5, 5.41) is 5.04. The van der Waals surface area contributed by atoms with Crippen molar-refractivity contribution in [3.63, 3.8) is 0 Å². The van der Waals surface area contributed by atoms with E-state index in [1.54, 1.807) is 30.5 Å². The van der Waals surface area contributed by atoms with Gasteiger partial charge in [0.05, 0.1) is 20.8 Å². The lowest BCUT2D eigenvalue weighted by Crippen LogP contribution is -2.46. The van der Waals surface area contributed by atoms with Crippen molar-refractivity contribution < 1.29 is 19.1 Å². The molecule has 0 aliphatic heterocycles. The standard InChI is InChI=1S/C30H39N3O4S/c1-6-24-10-7-8-12-26(24)31-30(35)33(19-22(2)3)21-29(34)32(20-25-11-9-17-38-25)16-15-23-13-14-27(36-4)28(18-23)37-5/h7-14,17-18,22H,6,15-16,19-21H2,1-5H3,(H,31,35). The number of aryl methyl sites for hydroxylation is 1. The van der Waals surface area contributed by atoms with E-state index < -0.39 is 0 Å². The fourth-order valence-corrected chi connectivity index (χ4v) is 4.97. The molecule has 3 amide bonds. The van der Waals surface area contributed by atoms with Crippen molar-refractivity contribution in [2.75, 3.05) is 39.2 Å². The second-order valence-corrected chi connectivity index (χ2v) is 10.6. The van der Waals surface area contributed by atoms with Gasteiger partial charge < -0.3 is 24.6 Å². The second-order valence-electron chi connectivity index (χ2n) is 9.55. The highest BCUT2D eigenvalue weighted by molar-refractivity contribution is 7.09. The van der Waals surface area contributed by atoms with Crippen LogP contribution in [0.1, 0.15) is 36.8 Å². The van der Waals surface area contributed by atoms with Crippen LogP contribution in [0.2, 0.25) is 0 Å². The summed E-state index contributed by atoms with van der Waals surface area (Å²) in [7, 11) is 3.22. The van der Waals surface area contributed by atoms with Crippen molar-refractivity contribution in [1.82, 2.24) is 9.80 Å². The maximum Gasteiger partial charge on any atom is 0.322 e. The van der Waals surface area contributed by atoms with Crippen molar-refractivity contribution in [2.45, 2.75) is 40.2 Å². The summed E-state index contributed by atoms with van der Waals surface area (Å²) in [5.74, 6) is 1.46. The predicted molar refractivity (Wildman–Crippen MR) is 154 cm³/mol. The Kier molecular flexibility index (Phi) is 11.0. The Morgan fingerprint density at radius 2 is 1.74 bits per heavy atom. The van der Waals surface area contributed by atoms with Gasteiger partial charge in [0.1, 0.15) is 6.54 Å².